The number of piperidine rings is 1. The van der Waals surface area contributed by atoms with Gasteiger partial charge in [0.1, 0.15) is 5.56 Å². The molecule has 120 valence electrons. The third kappa shape index (κ3) is 3.66. The smallest absolute Gasteiger partial charge is 0.382 e. The number of rotatable bonds is 4. The van der Waals surface area contributed by atoms with Crippen molar-refractivity contribution in [3.05, 3.63) is 33.9 Å². The Bertz CT molecular complexity index is 569. The van der Waals surface area contributed by atoms with E-state index < -0.39 is 22.4 Å². The number of hydrogen-bond donors (Lipinski definition) is 1. The van der Waals surface area contributed by atoms with Crippen LogP contribution in [0.1, 0.15) is 18.4 Å². The second-order valence-corrected chi connectivity index (χ2v) is 5.05. The average Bonchev–Trinajstić information content (AvgIpc) is 2.47. The van der Waals surface area contributed by atoms with E-state index in [9.17, 15) is 28.1 Å². The van der Waals surface area contributed by atoms with Gasteiger partial charge in [-0.2, -0.15) is 13.2 Å². The van der Waals surface area contributed by atoms with E-state index in [4.69, 9.17) is 0 Å². The molecule has 1 aromatic carbocycles. The van der Waals surface area contributed by atoms with Gasteiger partial charge < -0.3 is 10.2 Å². The summed E-state index contributed by atoms with van der Waals surface area (Å²) in [6.07, 6.45) is -2.83. The zero-order valence-electron chi connectivity index (χ0n) is 11.5. The molecule has 22 heavy (non-hydrogen) atoms. The van der Waals surface area contributed by atoms with Crippen LogP contribution in [-0.4, -0.2) is 35.4 Å². The van der Waals surface area contributed by atoms with Crippen molar-refractivity contribution in [1.29, 1.82) is 0 Å². The molecule has 2 rings (SSSR count). The van der Waals surface area contributed by atoms with Crippen LogP contribution in [0.25, 0.3) is 0 Å². The molecule has 1 fully saturated rings. The summed E-state index contributed by atoms with van der Waals surface area (Å²) in [5, 5.41) is 13.6. The Kier molecular flexibility index (Phi) is 4.53. The highest BCUT2D eigenvalue weighted by molar-refractivity contribution is 5.55. The summed E-state index contributed by atoms with van der Waals surface area (Å²) in [6, 6.07) is 2.80. The van der Waals surface area contributed by atoms with Crippen LogP contribution in [-0.2, 0) is 11.0 Å². The van der Waals surface area contributed by atoms with E-state index in [-0.39, 0.29) is 11.7 Å². The number of anilines is 1. The molecule has 0 atom stereocenters. The molecule has 9 heteroatoms. The first-order chi connectivity index (χ1) is 10.3. The SMILES string of the molecule is O=CN1CCC(Nc2ccc([N+](=O)[O-])c(C(F)(F)F)c2)CC1. The molecule has 1 aliphatic rings. The van der Waals surface area contributed by atoms with Gasteiger partial charge in [0, 0.05) is 30.9 Å². The number of nitro benzene ring substituents is 1. The van der Waals surface area contributed by atoms with E-state index >= 15 is 0 Å². The van der Waals surface area contributed by atoms with Gasteiger partial charge in [-0.3, -0.25) is 14.9 Å². The van der Waals surface area contributed by atoms with E-state index in [1.807, 2.05) is 0 Å². The molecule has 6 nitrogen and oxygen atoms in total. The van der Waals surface area contributed by atoms with E-state index in [0.717, 1.165) is 18.5 Å². The van der Waals surface area contributed by atoms with E-state index in [1.54, 1.807) is 4.90 Å². The molecule has 1 N–H and O–H groups in total. The number of likely N-dealkylation sites (tertiary alicyclic amines) is 1. The first-order valence-electron chi connectivity index (χ1n) is 6.63. The van der Waals surface area contributed by atoms with Gasteiger partial charge in [0.2, 0.25) is 6.41 Å². The third-order valence-corrected chi connectivity index (χ3v) is 3.55. The van der Waals surface area contributed by atoms with Crippen LogP contribution in [0.2, 0.25) is 0 Å². The lowest BCUT2D eigenvalue weighted by atomic mass is 10.0. The molecule has 0 unspecified atom stereocenters. The van der Waals surface area contributed by atoms with E-state index in [0.29, 0.717) is 25.9 Å². The molecule has 1 amide bonds. The first-order valence-corrected chi connectivity index (χ1v) is 6.63. The summed E-state index contributed by atoms with van der Waals surface area (Å²) >= 11 is 0. The van der Waals surface area contributed by atoms with Crippen LogP contribution in [0.5, 0.6) is 0 Å². The summed E-state index contributed by atoms with van der Waals surface area (Å²) in [4.78, 5) is 21.8. The molecular weight excluding hydrogens is 303 g/mol. The molecule has 1 heterocycles. The monoisotopic (exact) mass is 317 g/mol. The van der Waals surface area contributed by atoms with Crippen LogP contribution in [0.4, 0.5) is 24.5 Å². The number of hydrogen-bond acceptors (Lipinski definition) is 4. The van der Waals surface area contributed by atoms with Gasteiger partial charge in [-0.05, 0) is 25.0 Å². The van der Waals surface area contributed by atoms with Crippen LogP contribution < -0.4 is 5.32 Å². The number of carbonyl (C=O) groups excluding carboxylic acids is 1. The Hall–Kier alpha value is -2.32. The molecule has 0 saturated carbocycles. The number of nitro groups is 1. The maximum Gasteiger partial charge on any atom is 0.423 e. The second kappa shape index (κ2) is 6.20. The predicted octanol–water partition coefficient (Wildman–Crippen LogP) is 2.65. The van der Waals surface area contributed by atoms with Gasteiger partial charge >= 0.3 is 6.18 Å². The second-order valence-electron chi connectivity index (χ2n) is 5.05. The molecule has 1 aromatic rings. The van der Waals surface area contributed by atoms with Gasteiger partial charge in [-0.15, -0.1) is 0 Å². The lowest BCUT2D eigenvalue weighted by molar-refractivity contribution is -0.388. The van der Waals surface area contributed by atoms with Crippen molar-refractivity contribution in [3.63, 3.8) is 0 Å². The number of benzene rings is 1. The number of halogens is 3. The first kappa shape index (κ1) is 16.1. The molecule has 1 saturated heterocycles. The quantitative estimate of drug-likeness (QED) is 0.526. The van der Waals surface area contributed by atoms with E-state index in [2.05, 4.69) is 5.32 Å². The molecule has 0 bridgehead atoms. The highest BCUT2D eigenvalue weighted by atomic mass is 19.4. The number of nitrogens with zero attached hydrogens (tertiary/aromatic N) is 2. The number of nitrogens with one attached hydrogen (secondary N) is 1. The minimum Gasteiger partial charge on any atom is -0.382 e. The maximum absolute atomic E-state index is 12.9. The zero-order chi connectivity index (χ0) is 16.3. The van der Waals surface area contributed by atoms with Gasteiger partial charge in [0.15, 0.2) is 0 Å². The van der Waals surface area contributed by atoms with Crippen LogP contribution in [0.3, 0.4) is 0 Å². The highest BCUT2D eigenvalue weighted by Crippen LogP contribution is 2.37. The molecule has 0 aromatic heterocycles. The normalized spacial score (nSPS) is 16.4. The van der Waals surface area contributed by atoms with Crippen molar-refractivity contribution in [3.8, 4) is 0 Å². The Morgan fingerprint density at radius 3 is 2.45 bits per heavy atom. The van der Waals surface area contributed by atoms with Crippen LogP contribution in [0, 0.1) is 10.1 Å². The highest BCUT2D eigenvalue weighted by Gasteiger charge is 2.38. The molecule has 0 aliphatic carbocycles. The Morgan fingerprint density at radius 2 is 1.95 bits per heavy atom. The van der Waals surface area contributed by atoms with Gasteiger partial charge in [0.05, 0.1) is 4.92 Å². The van der Waals surface area contributed by atoms with Gasteiger partial charge in [-0.25, -0.2) is 0 Å². The van der Waals surface area contributed by atoms with Crippen molar-refractivity contribution >= 4 is 17.8 Å². The van der Waals surface area contributed by atoms with Crippen molar-refractivity contribution < 1.29 is 22.9 Å². The maximum atomic E-state index is 12.9. The summed E-state index contributed by atoms with van der Waals surface area (Å²) in [6.45, 7) is 1.06. The molecule has 0 spiro atoms. The Balaban J connectivity index is 2.16. The van der Waals surface area contributed by atoms with Crippen molar-refractivity contribution in [2.75, 3.05) is 18.4 Å². The van der Waals surface area contributed by atoms with Gasteiger partial charge in [0.25, 0.3) is 5.69 Å². The fourth-order valence-electron chi connectivity index (χ4n) is 2.40. The van der Waals surface area contributed by atoms with Crippen LogP contribution in [0.15, 0.2) is 18.2 Å². The van der Waals surface area contributed by atoms with Crippen molar-refractivity contribution in [1.82, 2.24) is 4.90 Å². The Morgan fingerprint density at radius 1 is 1.32 bits per heavy atom. The summed E-state index contributed by atoms with van der Waals surface area (Å²) in [5.74, 6) is 0. The summed E-state index contributed by atoms with van der Waals surface area (Å²) in [5.41, 5.74) is -2.05. The van der Waals surface area contributed by atoms with Crippen molar-refractivity contribution in [2.45, 2.75) is 25.1 Å². The minimum absolute atomic E-state index is 0.0706. The average molecular weight is 317 g/mol. The van der Waals surface area contributed by atoms with Crippen LogP contribution >= 0.6 is 0 Å². The fourth-order valence-corrected chi connectivity index (χ4v) is 2.40. The molecule has 1 aliphatic heterocycles. The minimum atomic E-state index is -4.79. The standard InChI is InChI=1S/C13H14F3N3O3/c14-13(15,16)11-7-10(1-2-12(11)19(21)22)17-9-3-5-18(8-20)6-4-9/h1-2,7-9,17H,3-6H2. The lowest BCUT2D eigenvalue weighted by Crippen LogP contribution is -2.38. The fraction of sp³-hybridized carbons (Fsp3) is 0.462. The molecule has 0 radical (unpaired) electrons. The zero-order valence-corrected chi connectivity index (χ0v) is 11.5. The summed E-state index contributed by atoms with van der Waals surface area (Å²) in [7, 11) is 0. The summed E-state index contributed by atoms with van der Waals surface area (Å²) < 4.78 is 38.7. The predicted molar refractivity (Wildman–Crippen MR) is 72.4 cm³/mol. The number of carbonyl (C=O) groups is 1. The van der Waals surface area contributed by atoms with Gasteiger partial charge in [-0.1, -0.05) is 0 Å². The number of alkyl halides is 3. The lowest BCUT2D eigenvalue weighted by Gasteiger charge is -2.30. The largest absolute Gasteiger partial charge is 0.423 e. The van der Waals surface area contributed by atoms with Crippen molar-refractivity contribution in [2.24, 2.45) is 0 Å². The Labute approximate surface area is 124 Å². The molecular formula is C13H14F3N3O3. The third-order valence-electron chi connectivity index (χ3n) is 3.55. The topological polar surface area (TPSA) is 75.5 Å². The van der Waals surface area contributed by atoms with E-state index in [1.165, 1.54) is 6.07 Å². The number of amides is 1.